The van der Waals surface area contributed by atoms with Gasteiger partial charge in [0.15, 0.2) is 11.6 Å². The van der Waals surface area contributed by atoms with Crippen LogP contribution in [0.25, 0.3) is 21.8 Å². The van der Waals surface area contributed by atoms with Crippen LogP contribution in [-0.4, -0.2) is 5.16 Å². The highest BCUT2D eigenvalue weighted by atomic mass is 79.9. The summed E-state index contributed by atoms with van der Waals surface area (Å²) in [5, 5.41) is 5.89. The summed E-state index contributed by atoms with van der Waals surface area (Å²) in [5.74, 6) is 1.09. The summed E-state index contributed by atoms with van der Waals surface area (Å²) in [5.41, 5.74) is 7.70. The van der Waals surface area contributed by atoms with Crippen LogP contribution in [0.3, 0.4) is 0 Å². The first kappa shape index (κ1) is 12.9. The maximum absolute atomic E-state index is 5.92. The first-order valence-corrected chi connectivity index (χ1v) is 7.87. The first-order valence-electron chi connectivity index (χ1n) is 5.40. The Kier molecular flexibility index (Phi) is 3.47. The molecule has 19 heavy (non-hydrogen) atoms. The average molecular weight is 400 g/mol. The molecule has 0 bridgehead atoms. The van der Waals surface area contributed by atoms with Gasteiger partial charge >= 0.3 is 0 Å². The van der Waals surface area contributed by atoms with Crippen molar-refractivity contribution in [3.05, 3.63) is 44.7 Å². The van der Waals surface area contributed by atoms with Gasteiger partial charge in [0.05, 0.1) is 5.56 Å². The highest BCUT2D eigenvalue weighted by Gasteiger charge is 2.18. The van der Waals surface area contributed by atoms with Crippen molar-refractivity contribution in [1.29, 1.82) is 0 Å². The van der Waals surface area contributed by atoms with E-state index in [1.165, 1.54) is 0 Å². The lowest BCUT2D eigenvalue weighted by atomic mass is 10.1. The quantitative estimate of drug-likeness (QED) is 0.645. The second-order valence-electron chi connectivity index (χ2n) is 3.91. The zero-order chi connectivity index (χ0) is 13.4. The second kappa shape index (κ2) is 5.11. The van der Waals surface area contributed by atoms with Crippen molar-refractivity contribution < 1.29 is 4.52 Å². The minimum atomic E-state index is 0.411. The summed E-state index contributed by atoms with van der Waals surface area (Å²) in [6.07, 6.45) is 0. The van der Waals surface area contributed by atoms with E-state index in [-0.39, 0.29) is 0 Å². The third-order valence-electron chi connectivity index (χ3n) is 2.61. The minimum absolute atomic E-state index is 0.411. The van der Waals surface area contributed by atoms with Crippen molar-refractivity contribution in [2.45, 2.75) is 0 Å². The molecule has 3 nitrogen and oxygen atoms in total. The maximum atomic E-state index is 5.92. The summed E-state index contributed by atoms with van der Waals surface area (Å²) in [6, 6.07) is 9.90. The normalized spacial score (nSPS) is 10.8. The van der Waals surface area contributed by atoms with Gasteiger partial charge < -0.3 is 10.3 Å². The van der Waals surface area contributed by atoms with Crippen molar-refractivity contribution in [2.75, 3.05) is 5.73 Å². The Balaban J connectivity index is 2.21. The van der Waals surface area contributed by atoms with Crippen LogP contribution in [-0.2, 0) is 0 Å². The number of aromatic nitrogens is 1. The van der Waals surface area contributed by atoms with Crippen molar-refractivity contribution in [2.24, 2.45) is 0 Å². The minimum Gasteiger partial charge on any atom is -0.380 e. The fraction of sp³-hybridized carbons (Fsp3) is 0. The van der Waals surface area contributed by atoms with Crippen LogP contribution in [0, 0.1) is 0 Å². The third-order valence-corrected chi connectivity index (χ3v) is 4.41. The van der Waals surface area contributed by atoms with Crippen molar-refractivity contribution >= 4 is 49.0 Å². The van der Waals surface area contributed by atoms with Gasteiger partial charge in [-0.15, -0.1) is 11.3 Å². The van der Waals surface area contributed by atoms with Gasteiger partial charge in [0.25, 0.3) is 0 Å². The predicted molar refractivity (Wildman–Crippen MR) is 85.1 cm³/mol. The number of nitrogens with zero attached hydrogens (tertiary/aromatic N) is 1. The van der Waals surface area contributed by atoms with Crippen LogP contribution in [0.1, 0.15) is 0 Å². The standard InChI is InChI=1S/C13H8Br2N2OS/c14-8-4-7(5-9(15)6-8)12-11(13(16)17-18-12)10-2-1-3-19-10/h1-6H,(H2,16,17). The second-order valence-corrected chi connectivity index (χ2v) is 6.69. The molecular formula is C13H8Br2N2OS. The topological polar surface area (TPSA) is 52.0 Å². The molecule has 0 aliphatic carbocycles. The SMILES string of the molecule is Nc1noc(-c2cc(Br)cc(Br)c2)c1-c1cccs1. The number of anilines is 1. The van der Waals surface area contributed by atoms with E-state index in [1.807, 2.05) is 35.7 Å². The fourth-order valence-corrected chi connectivity index (χ4v) is 3.91. The Bertz CT molecular complexity index is 702. The van der Waals surface area contributed by atoms with Gasteiger partial charge in [-0.1, -0.05) is 43.1 Å². The molecule has 0 saturated heterocycles. The lowest BCUT2D eigenvalue weighted by Crippen LogP contribution is -1.87. The van der Waals surface area contributed by atoms with E-state index in [2.05, 4.69) is 37.0 Å². The number of hydrogen-bond donors (Lipinski definition) is 1. The molecule has 0 saturated carbocycles. The van der Waals surface area contributed by atoms with Crippen LogP contribution < -0.4 is 5.73 Å². The largest absolute Gasteiger partial charge is 0.380 e. The Morgan fingerprint density at radius 3 is 2.53 bits per heavy atom. The van der Waals surface area contributed by atoms with E-state index in [0.717, 1.165) is 24.9 Å². The molecule has 0 spiro atoms. The van der Waals surface area contributed by atoms with Crippen molar-refractivity contribution in [1.82, 2.24) is 5.16 Å². The van der Waals surface area contributed by atoms with Gasteiger partial charge in [-0.25, -0.2) is 0 Å². The fourth-order valence-electron chi connectivity index (χ4n) is 1.84. The molecule has 3 aromatic rings. The number of rotatable bonds is 2. The van der Waals surface area contributed by atoms with Crippen molar-refractivity contribution in [3.8, 4) is 21.8 Å². The van der Waals surface area contributed by atoms with Crippen molar-refractivity contribution in [3.63, 3.8) is 0 Å². The van der Waals surface area contributed by atoms with Gasteiger partial charge in [0.2, 0.25) is 0 Å². The smallest absolute Gasteiger partial charge is 0.177 e. The summed E-state index contributed by atoms with van der Waals surface area (Å²) in [4.78, 5) is 1.05. The number of thiophene rings is 1. The lowest BCUT2D eigenvalue weighted by Gasteiger charge is -2.02. The molecule has 0 atom stereocenters. The van der Waals surface area contributed by atoms with E-state index >= 15 is 0 Å². The molecule has 2 aromatic heterocycles. The molecule has 0 fully saturated rings. The molecule has 1 aromatic carbocycles. The van der Waals surface area contributed by atoms with E-state index in [4.69, 9.17) is 10.3 Å². The number of nitrogens with two attached hydrogens (primary N) is 1. The predicted octanol–water partition coefficient (Wildman–Crippen LogP) is 5.18. The van der Waals surface area contributed by atoms with Crippen LogP contribution in [0.2, 0.25) is 0 Å². The van der Waals surface area contributed by atoms with Crippen LogP contribution in [0.5, 0.6) is 0 Å². The average Bonchev–Trinajstić information content (AvgIpc) is 2.96. The Hall–Kier alpha value is -1.11. The Morgan fingerprint density at radius 2 is 1.89 bits per heavy atom. The summed E-state index contributed by atoms with van der Waals surface area (Å²) in [6.45, 7) is 0. The van der Waals surface area contributed by atoms with Crippen LogP contribution in [0.4, 0.5) is 5.82 Å². The molecule has 2 heterocycles. The molecule has 3 rings (SSSR count). The highest BCUT2D eigenvalue weighted by molar-refractivity contribution is 9.11. The molecule has 96 valence electrons. The molecule has 0 aliphatic rings. The van der Waals surface area contributed by atoms with Crippen LogP contribution >= 0.6 is 43.2 Å². The van der Waals surface area contributed by atoms with Gasteiger partial charge in [-0.05, 0) is 29.6 Å². The molecule has 2 N–H and O–H groups in total. The molecule has 6 heteroatoms. The zero-order valence-corrected chi connectivity index (χ0v) is 13.5. The summed E-state index contributed by atoms with van der Waals surface area (Å²) < 4.78 is 7.33. The van der Waals surface area contributed by atoms with Crippen LogP contribution in [0.15, 0.2) is 49.2 Å². The molecular weight excluding hydrogens is 392 g/mol. The molecule has 0 aliphatic heterocycles. The van der Waals surface area contributed by atoms with Gasteiger partial charge in [0.1, 0.15) is 0 Å². The van der Waals surface area contributed by atoms with E-state index in [1.54, 1.807) is 11.3 Å². The molecule has 0 unspecified atom stereocenters. The molecule has 0 amide bonds. The number of benzene rings is 1. The summed E-state index contributed by atoms with van der Waals surface area (Å²) in [7, 11) is 0. The van der Waals surface area contributed by atoms with Gasteiger partial charge in [-0.2, -0.15) is 0 Å². The number of nitrogen functional groups attached to an aromatic ring is 1. The van der Waals surface area contributed by atoms with Gasteiger partial charge in [0, 0.05) is 19.4 Å². The number of hydrogen-bond acceptors (Lipinski definition) is 4. The molecule has 0 radical (unpaired) electrons. The van der Waals surface area contributed by atoms with Gasteiger partial charge in [-0.3, -0.25) is 0 Å². The first-order chi connectivity index (χ1) is 9.15. The van der Waals surface area contributed by atoms with E-state index in [9.17, 15) is 0 Å². The summed E-state index contributed by atoms with van der Waals surface area (Å²) >= 11 is 8.55. The maximum Gasteiger partial charge on any atom is 0.177 e. The lowest BCUT2D eigenvalue weighted by molar-refractivity contribution is 0.436. The number of halogens is 2. The highest BCUT2D eigenvalue weighted by Crippen LogP contribution is 2.40. The zero-order valence-electron chi connectivity index (χ0n) is 9.56. The van der Waals surface area contributed by atoms with E-state index in [0.29, 0.717) is 11.6 Å². The Morgan fingerprint density at radius 1 is 1.16 bits per heavy atom. The third kappa shape index (κ3) is 2.48. The monoisotopic (exact) mass is 398 g/mol. The Labute approximate surface area is 130 Å². The van der Waals surface area contributed by atoms with E-state index < -0.39 is 0 Å².